The van der Waals surface area contributed by atoms with Crippen LogP contribution in [0.2, 0.25) is 0 Å². The van der Waals surface area contributed by atoms with Crippen LogP contribution in [-0.4, -0.2) is 31.3 Å². The van der Waals surface area contributed by atoms with Crippen LogP contribution in [0.1, 0.15) is 37.7 Å². The van der Waals surface area contributed by atoms with Crippen molar-refractivity contribution in [2.45, 2.75) is 56.8 Å². The maximum atomic E-state index is 5.92. The fraction of sp³-hybridized carbons (Fsp3) is 0.647. The summed E-state index contributed by atoms with van der Waals surface area (Å²) in [6, 6.07) is 8.20. The Hall–Kier alpha value is -0.580. The summed E-state index contributed by atoms with van der Waals surface area (Å²) in [7, 11) is 0. The molecule has 0 spiro atoms. The molecule has 21 heavy (non-hydrogen) atoms. The average molecular weight is 351 g/mol. The van der Waals surface area contributed by atoms with Gasteiger partial charge in [-0.3, -0.25) is 0 Å². The molecule has 2 atom stereocenters. The number of anilines is 1. The minimum absolute atomic E-state index is 0.453. The van der Waals surface area contributed by atoms with Gasteiger partial charge in [0.2, 0.25) is 0 Å². The van der Waals surface area contributed by atoms with Crippen LogP contribution in [-0.2, 0) is 11.3 Å². The third kappa shape index (κ3) is 2.99. The molecule has 1 saturated heterocycles. The van der Waals surface area contributed by atoms with Crippen molar-refractivity contribution in [3.8, 4) is 0 Å². The minimum atomic E-state index is 0.453. The van der Waals surface area contributed by atoms with Crippen molar-refractivity contribution in [2.24, 2.45) is 0 Å². The van der Waals surface area contributed by atoms with Crippen LogP contribution in [0.4, 0.5) is 5.69 Å². The van der Waals surface area contributed by atoms with Gasteiger partial charge < -0.3 is 15.0 Å². The van der Waals surface area contributed by atoms with E-state index in [0.717, 1.165) is 25.7 Å². The zero-order valence-electron chi connectivity index (χ0n) is 12.4. The monoisotopic (exact) mass is 350 g/mol. The average Bonchev–Trinajstić information content (AvgIpc) is 3.20. The first kappa shape index (κ1) is 14.0. The number of hydrogen-bond acceptors (Lipinski definition) is 3. The Morgan fingerprint density at radius 3 is 2.95 bits per heavy atom. The lowest BCUT2D eigenvalue weighted by atomic mass is 10.1. The van der Waals surface area contributed by atoms with Crippen LogP contribution < -0.4 is 10.2 Å². The van der Waals surface area contributed by atoms with E-state index >= 15 is 0 Å². The molecule has 0 radical (unpaired) electrons. The Balaban J connectivity index is 1.50. The normalized spacial score (nSPS) is 28.7. The fourth-order valence-corrected chi connectivity index (χ4v) is 4.15. The highest BCUT2D eigenvalue weighted by molar-refractivity contribution is 9.10. The third-order valence-corrected chi connectivity index (χ3v) is 5.75. The number of morpholine rings is 1. The molecule has 1 heterocycles. The molecule has 3 nitrogen and oxygen atoms in total. The molecule has 0 bridgehead atoms. The minimum Gasteiger partial charge on any atom is -0.374 e. The van der Waals surface area contributed by atoms with E-state index in [0.29, 0.717) is 12.1 Å². The van der Waals surface area contributed by atoms with E-state index in [9.17, 15) is 0 Å². The highest BCUT2D eigenvalue weighted by Gasteiger charge is 2.36. The second-order valence-corrected chi connectivity index (χ2v) is 7.39. The molecule has 114 valence electrons. The van der Waals surface area contributed by atoms with Crippen LogP contribution in [0.3, 0.4) is 0 Å². The molecular weight excluding hydrogens is 328 g/mol. The van der Waals surface area contributed by atoms with Crippen molar-refractivity contribution in [3.05, 3.63) is 28.2 Å². The highest BCUT2D eigenvalue weighted by atomic mass is 79.9. The maximum Gasteiger partial charge on any atom is 0.0779 e. The first-order chi connectivity index (χ1) is 10.3. The fourth-order valence-electron chi connectivity index (χ4n) is 3.65. The number of ether oxygens (including phenoxy) is 1. The van der Waals surface area contributed by atoms with Gasteiger partial charge in [0.15, 0.2) is 0 Å². The summed E-state index contributed by atoms with van der Waals surface area (Å²) in [4.78, 5) is 2.56. The summed E-state index contributed by atoms with van der Waals surface area (Å²) < 4.78 is 7.15. The first-order valence-corrected chi connectivity index (χ1v) is 9.00. The summed E-state index contributed by atoms with van der Waals surface area (Å²) in [5.41, 5.74) is 2.71. The maximum absolute atomic E-state index is 5.92. The molecule has 4 rings (SSSR count). The van der Waals surface area contributed by atoms with Gasteiger partial charge in [0, 0.05) is 29.3 Å². The molecule has 2 saturated carbocycles. The Kier molecular flexibility index (Phi) is 3.94. The van der Waals surface area contributed by atoms with E-state index in [-0.39, 0.29) is 0 Å². The number of nitrogens with zero attached hydrogens (tertiary/aromatic N) is 1. The van der Waals surface area contributed by atoms with E-state index < -0.39 is 0 Å². The van der Waals surface area contributed by atoms with E-state index in [1.165, 1.54) is 47.8 Å². The summed E-state index contributed by atoms with van der Waals surface area (Å²) in [6.45, 7) is 2.86. The number of rotatable bonds is 4. The number of nitrogens with one attached hydrogen (secondary N) is 1. The second-order valence-electron chi connectivity index (χ2n) is 6.53. The zero-order chi connectivity index (χ0) is 14.2. The summed E-state index contributed by atoms with van der Waals surface area (Å²) >= 11 is 3.76. The summed E-state index contributed by atoms with van der Waals surface area (Å²) in [6.07, 6.45) is 6.93. The van der Waals surface area contributed by atoms with Gasteiger partial charge in [-0.05, 0) is 49.8 Å². The highest BCUT2D eigenvalue weighted by Crippen LogP contribution is 2.34. The topological polar surface area (TPSA) is 24.5 Å². The standard InChI is InChI=1S/C17H23BrN2O/c18-15-10-14(7-4-12(15)11-19-13-5-6-13)20-8-9-21-17-3-1-2-16(17)20/h4,7,10,13,16-17,19H,1-3,5-6,8-9,11H2. The molecule has 3 aliphatic rings. The van der Waals surface area contributed by atoms with Gasteiger partial charge in [0.25, 0.3) is 0 Å². The van der Waals surface area contributed by atoms with E-state index in [1.807, 2.05) is 0 Å². The van der Waals surface area contributed by atoms with E-state index in [2.05, 4.69) is 44.3 Å². The van der Waals surface area contributed by atoms with Crippen molar-refractivity contribution in [3.63, 3.8) is 0 Å². The molecular formula is C17H23BrN2O. The van der Waals surface area contributed by atoms with Crippen molar-refractivity contribution < 1.29 is 4.74 Å². The van der Waals surface area contributed by atoms with Crippen molar-refractivity contribution in [1.82, 2.24) is 5.32 Å². The molecule has 4 heteroatoms. The number of fused-ring (bicyclic) bond motifs is 1. The van der Waals surface area contributed by atoms with Crippen LogP contribution in [0, 0.1) is 0 Å². The van der Waals surface area contributed by atoms with Crippen LogP contribution >= 0.6 is 15.9 Å². The Morgan fingerprint density at radius 1 is 1.24 bits per heavy atom. The largest absolute Gasteiger partial charge is 0.374 e. The van der Waals surface area contributed by atoms with Crippen LogP contribution in [0.15, 0.2) is 22.7 Å². The van der Waals surface area contributed by atoms with Gasteiger partial charge in [-0.25, -0.2) is 0 Å². The van der Waals surface area contributed by atoms with Gasteiger partial charge >= 0.3 is 0 Å². The second kappa shape index (κ2) is 5.90. The lowest BCUT2D eigenvalue weighted by molar-refractivity contribution is 0.0256. The van der Waals surface area contributed by atoms with Crippen molar-refractivity contribution in [2.75, 3.05) is 18.1 Å². The SMILES string of the molecule is Brc1cc(N2CCOC3CCCC32)ccc1CNC1CC1. The molecule has 1 aliphatic heterocycles. The van der Waals surface area contributed by atoms with Crippen molar-refractivity contribution >= 4 is 21.6 Å². The first-order valence-electron chi connectivity index (χ1n) is 8.21. The zero-order valence-corrected chi connectivity index (χ0v) is 13.9. The van der Waals surface area contributed by atoms with Gasteiger partial charge in [0.1, 0.15) is 0 Å². The van der Waals surface area contributed by atoms with Crippen LogP contribution in [0.25, 0.3) is 0 Å². The van der Waals surface area contributed by atoms with E-state index in [4.69, 9.17) is 4.74 Å². The lowest BCUT2D eigenvalue weighted by Crippen LogP contribution is -2.48. The Labute approximate surface area is 135 Å². The van der Waals surface area contributed by atoms with Gasteiger partial charge in [-0.15, -0.1) is 0 Å². The number of hydrogen-bond donors (Lipinski definition) is 1. The Morgan fingerprint density at radius 2 is 2.14 bits per heavy atom. The molecule has 0 amide bonds. The smallest absolute Gasteiger partial charge is 0.0779 e. The molecule has 1 aromatic rings. The molecule has 2 unspecified atom stereocenters. The number of benzene rings is 1. The summed E-state index contributed by atoms with van der Waals surface area (Å²) in [5, 5.41) is 3.59. The quantitative estimate of drug-likeness (QED) is 0.899. The van der Waals surface area contributed by atoms with Crippen LogP contribution in [0.5, 0.6) is 0 Å². The Bertz CT molecular complexity index is 518. The predicted octanol–water partition coefficient (Wildman–Crippen LogP) is 3.46. The van der Waals surface area contributed by atoms with Gasteiger partial charge in [-0.2, -0.15) is 0 Å². The third-order valence-electron chi connectivity index (χ3n) is 5.01. The molecule has 0 aromatic heterocycles. The lowest BCUT2D eigenvalue weighted by Gasteiger charge is -2.39. The van der Waals surface area contributed by atoms with Gasteiger partial charge in [-0.1, -0.05) is 22.0 Å². The van der Waals surface area contributed by atoms with Gasteiger partial charge in [0.05, 0.1) is 18.8 Å². The molecule has 1 N–H and O–H groups in total. The predicted molar refractivity (Wildman–Crippen MR) is 88.7 cm³/mol. The van der Waals surface area contributed by atoms with E-state index in [1.54, 1.807) is 0 Å². The summed E-state index contributed by atoms with van der Waals surface area (Å²) in [5.74, 6) is 0. The van der Waals surface area contributed by atoms with Crippen molar-refractivity contribution in [1.29, 1.82) is 0 Å². The molecule has 3 fully saturated rings. The molecule has 1 aromatic carbocycles. The molecule has 2 aliphatic carbocycles. The number of halogens is 1.